The fourth-order valence-corrected chi connectivity index (χ4v) is 36.2. The molecule has 0 saturated carbocycles. The van der Waals surface area contributed by atoms with Gasteiger partial charge in [-0.1, -0.05) is 0 Å². The average molecular weight is 673 g/mol. The van der Waals surface area contributed by atoms with Crippen molar-refractivity contribution in [2.45, 2.75) is 62.1 Å². The third-order valence-corrected chi connectivity index (χ3v) is 48.0. The van der Waals surface area contributed by atoms with E-state index < -0.39 is 26.5 Å². The first-order valence-electron chi connectivity index (χ1n) is 16.0. The number of hydrogen-bond acceptors (Lipinski definition) is 0. The molecule has 0 aliphatic heterocycles. The van der Waals surface area contributed by atoms with Gasteiger partial charge in [-0.3, -0.25) is 0 Å². The third kappa shape index (κ3) is 3.93. The van der Waals surface area contributed by atoms with Crippen LogP contribution in [0, 0.1) is 10.8 Å². The molecular weight excluding hydrogens is 627 g/mol. The quantitative estimate of drug-likeness (QED) is 0.185. The Balaban J connectivity index is 1.97. The molecule has 0 amide bonds. The number of halogens is 2. The molecule has 2 aliphatic rings. The summed E-state index contributed by atoms with van der Waals surface area (Å²) in [7, 11) is 18.6. The Morgan fingerprint density at radius 3 is 1.14 bits per heavy atom. The monoisotopic (exact) mass is 671 g/mol. The molecule has 44 heavy (non-hydrogen) atoms. The van der Waals surface area contributed by atoms with Crippen LogP contribution in [0.5, 0.6) is 0 Å². The van der Waals surface area contributed by atoms with Crippen LogP contribution in [0.15, 0.2) is 120 Å². The van der Waals surface area contributed by atoms with Crippen molar-refractivity contribution in [2.75, 3.05) is 0 Å². The molecule has 0 fully saturated rings. The first-order chi connectivity index (χ1) is 20.6. The maximum absolute atomic E-state index is 9.32. The van der Waals surface area contributed by atoms with Gasteiger partial charge < -0.3 is 0 Å². The maximum atomic E-state index is 9.32. The van der Waals surface area contributed by atoms with Gasteiger partial charge in [0, 0.05) is 0 Å². The molecule has 4 aromatic carbocycles. The van der Waals surface area contributed by atoms with Gasteiger partial charge in [-0.25, -0.2) is 0 Å². The fraction of sp³-hybridized carbons (Fsp3) is 0.300. The van der Waals surface area contributed by atoms with Gasteiger partial charge in [-0.2, -0.15) is 0 Å². The van der Waals surface area contributed by atoms with E-state index in [9.17, 15) is 18.6 Å². The summed E-state index contributed by atoms with van der Waals surface area (Å²) in [5.41, 5.74) is 9.75. The van der Waals surface area contributed by atoms with E-state index in [1.807, 2.05) is 0 Å². The Bertz CT molecular complexity index is 1660. The van der Waals surface area contributed by atoms with Crippen molar-refractivity contribution in [2.24, 2.45) is 10.8 Å². The standard InChI is InChI=1S/2C19H19.C2H7Si.2ClH.Ti/c2*1-19(2,3)17-13-15-11-7-8-12-16(15)18(17)14-9-5-4-6-10-14;1-3-2;;;/h2*4-13H,1-3H3;3H,1-2H3;2*1H;/q;;;;;+2/p-2. The van der Waals surface area contributed by atoms with Crippen LogP contribution in [0.2, 0.25) is 13.1 Å². The second-order valence-corrected chi connectivity index (χ2v) is 43.7. The first kappa shape index (κ1) is 31.8. The van der Waals surface area contributed by atoms with Crippen LogP contribution in [0.1, 0.15) is 74.9 Å². The molecule has 0 aromatic heterocycles. The molecule has 0 bridgehead atoms. The molecule has 2 aliphatic carbocycles. The molecule has 2 unspecified atom stereocenters. The molecule has 4 aromatic rings. The summed E-state index contributed by atoms with van der Waals surface area (Å²) in [4.78, 5) is 0. The van der Waals surface area contributed by atoms with Crippen molar-refractivity contribution in [3.05, 3.63) is 154 Å². The van der Waals surface area contributed by atoms with E-state index in [1.54, 1.807) is 0 Å². The molecule has 0 heterocycles. The first-order valence-corrected chi connectivity index (χ1v) is 27.4. The van der Waals surface area contributed by atoms with E-state index in [2.05, 4.69) is 176 Å². The van der Waals surface area contributed by atoms with Crippen molar-refractivity contribution in [1.29, 1.82) is 0 Å². The van der Waals surface area contributed by atoms with E-state index >= 15 is 0 Å². The minimum atomic E-state index is -5.31. The number of rotatable bonds is 5. The fourth-order valence-electron chi connectivity index (χ4n) is 8.97. The molecule has 0 spiro atoms. The predicted octanol–water partition coefficient (Wildman–Crippen LogP) is 11.7. The number of hydrogen-bond donors (Lipinski definition) is 0. The van der Waals surface area contributed by atoms with Crippen LogP contribution in [0.3, 0.4) is 0 Å². The number of allylic oxidation sites excluding steroid dienone is 2. The Morgan fingerprint density at radius 1 is 0.500 bits per heavy atom. The normalized spacial score (nSPS) is 22.6. The van der Waals surface area contributed by atoms with E-state index in [-0.39, 0.29) is 10.8 Å². The van der Waals surface area contributed by atoms with Gasteiger partial charge in [0.2, 0.25) is 0 Å². The zero-order valence-corrected chi connectivity index (χ0v) is 31.6. The minimum absolute atomic E-state index is 0.200. The molecule has 4 heteroatoms. The Kier molecular flexibility index (Phi) is 7.56. The third-order valence-electron chi connectivity index (χ3n) is 10.6. The van der Waals surface area contributed by atoms with E-state index in [4.69, 9.17) is 0 Å². The molecule has 6 rings (SSSR count). The van der Waals surface area contributed by atoms with Crippen molar-refractivity contribution in [1.82, 2.24) is 0 Å². The summed E-state index contributed by atoms with van der Waals surface area (Å²) >= 11 is -5.31. The second kappa shape index (κ2) is 10.4. The van der Waals surface area contributed by atoms with E-state index in [0.29, 0.717) is 0 Å². The zero-order valence-electron chi connectivity index (χ0n) is 27.4. The number of benzene rings is 4. The van der Waals surface area contributed by atoms with E-state index in [1.165, 1.54) is 44.5 Å². The van der Waals surface area contributed by atoms with Crippen LogP contribution in [0.25, 0.3) is 12.2 Å². The van der Waals surface area contributed by atoms with Gasteiger partial charge in [-0.05, 0) is 0 Å². The number of fused-ring (bicyclic) bond motifs is 2. The molecule has 0 N–H and O–H groups in total. The Morgan fingerprint density at radius 2 is 0.818 bits per heavy atom. The summed E-state index contributed by atoms with van der Waals surface area (Å²) in [6.45, 7) is 17.0. The van der Waals surface area contributed by atoms with Crippen molar-refractivity contribution >= 4 is 37.4 Å². The second-order valence-electron chi connectivity index (χ2n) is 15.3. The van der Waals surface area contributed by atoms with Crippen LogP contribution >= 0.6 is 18.6 Å². The van der Waals surface area contributed by atoms with Gasteiger partial charge in [0.15, 0.2) is 0 Å². The topological polar surface area (TPSA) is 0 Å². The van der Waals surface area contributed by atoms with Crippen LogP contribution < -0.4 is 0 Å². The van der Waals surface area contributed by atoms with Gasteiger partial charge in [0.25, 0.3) is 0 Å². The summed E-state index contributed by atoms with van der Waals surface area (Å²) in [6, 6.07) is 40.1. The molecular formula is C40H45Cl2SiTi. The Labute approximate surface area is 274 Å². The average Bonchev–Trinajstić information content (AvgIpc) is 3.55. The molecule has 0 saturated heterocycles. The van der Waals surface area contributed by atoms with Crippen molar-refractivity contribution in [3.63, 3.8) is 0 Å². The van der Waals surface area contributed by atoms with Gasteiger partial charge in [0.05, 0.1) is 0 Å². The van der Waals surface area contributed by atoms with Crippen molar-refractivity contribution in [3.8, 4) is 0 Å². The van der Waals surface area contributed by atoms with Crippen LogP contribution in [-0.4, -0.2) is 6.66 Å². The summed E-state index contributed by atoms with van der Waals surface area (Å²) < 4.78 is -1.37. The molecule has 0 nitrogen and oxygen atoms in total. The summed E-state index contributed by atoms with van der Waals surface area (Å²) in [5.74, 6) is 0. The zero-order chi connectivity index (χ0) is 31.8. The van der Waals surface area contributed by atoms with Gasteiger partial charge in [-0.15, -0.1) is 0 Å². The summed E-state index contributed by atoms with van der Waals surface area (Å²) in [6.07, 6.45) is 4.90. The van der Waals surface area contributed by atoms with Crippen LogP contribution in [0.4, 0.5) is 0 Å². The molecule has 2 atom stereocenters. The van der Waals surface area contributed by atoms with Crippen molar-refractivity contribution < 1.29 is 12.4 Å². The SMILES string of the molecule is C[SiH](C)[Ti]([Cl])([Cl])([C]1(c2ccccc2)C(C(C)(C)C)=Cc2ccccc21)[C]1(c2ccccc2)C(C(C)(C)C)=Cc2ccccc21. The Hall–Kier alpha value is -2.13. The van der Waals surface area contributed by atoms with E-state index in [0.717, 1.165) is 0 Å². The molecule has 227 valence electrons. The van der Waals surface area contributed by atoms with Gasteiger partial charge in [0.1, 0.15) is 0 Å². The predicted molar refractivity (Wildman–Crippen MR) is 193 cm³/mol. The van der Waals surface area contributed by atoms with Crippen LogP contribution in [-0.2, 0) is 19.9 Å². The van der Waals surface area contributed by atoms with Gasteiger partial charge >= 0.3 is 276 Å². The summed E-state index contributed by atoms with van der Waals surface area (Å²) in [5, 5.41) is 0. The molecule has 0 radical (unpaired) electrons.